The molecule has 0 radical (unpaired) electrons. The topological polar surface area (TPSA) is 84.3 Å². The Balaban J connectivity index is 2.77. The highest BCUT2D eigenvalue weighted by atomic mass is 16.6. The summed E-state index contributed by atoms with van der Waals surface area (Å²) < 4.78 is 0. The van der Waals surface area contributed by atoms with E-state index in [1.807, 2.05) is 13.8 Å². The SMILES string of the molecule is CCCCC[C@@H](C)NC(=O)c1ccc(NCC)c([N+](=O)[O-])c1. The van der Waals surface area contributed by atoms with Crippen LogP contribution in [0.2, 0.25) is 0 Å². The molecule has 122 valence electrons. The Morgan fingerprint density at radius 3 is 2.64 bits per heavy atom. The normalized spacial score (nSPS) is 11.8. The van der Waals surface area contributed by atoms with Crippen molar-refractivity contribution >= 4 is 17.3 Å². The van der Waals surface area contributed by atoms with Gasteiger partial charge in [0.25, 0.3) is 11.6 Å². The average Bonchev–Trinajstić information content (AvgIpc) is 2.47. The summed E-state index contributed by atoms with van der Waals surface area (Å²) >= 11 is 0. The van der Waals surface area contributed by atoms with Crippen molar-refractivity contribution in [2.24, 2.45) is 0 Å². The van der Waals surface area contributed by atoms with Crippen LogP contribution in [0, 0.1) is 10.1 Å². The van der Waals surface area contributed by atoms with Crippen LogP contribution in [0.15, 0.2) is 18.2 Å². The van der Waals surface area contributed by atoms with Gasteiger partial charge in [0.05, 0.1) is 4.92 Å². The molecular formula is C16H25N3O3. The summed E-state index contributed by atoms with van der Waals surface area (Å²) in [6.45, 7) is 6.53. The van der Waals surface area contributed by atoms with E-state index in [9.17, 15) is 14.9 Å². The van der Waals surface area contributed by atoms with E-state index in [-0.39, 0.29) is 17.6 Å². The van der Waals surface area contributed by atoms with Gasteiger partial charge >= 0.3 is 0 Å². The van der Waals surface area contributed by atoms with Crippen LogP contribution >= 0.6 is 0 Å². The monoisotopic (exact) mass is 307 g/mol. The molecule has 6 heteroatoms. The van der Waals surface area contributed by atoms with Gasteiger partial charge in [-0.15, -0.1) is 0 Å². The number of hydrogen-bond donors (Lipinski definition) is 2. The van der Waals surface area contributed by atoms with Crippen LogP contribution in [-0.4, -0.2) is 23.4 Å². The number of nitrogens with one attached hydrogen (secondary N) is 2. The van der Waals surface area contributed by atoms with E-state index in [1.54, 1.807) is 12.1 Å². The highest BCUT2D eigenvalue weighted by Gasteiger charge is 2.18. The molecule has 2 N–H and O–H groups in total. The highest BCUT2D eigenvalue weighted by molar-refractivity contribution is 5.95. The van der Waals surface area contributed by atoms with Gasteiger partial charge in [-0.1, -0.05) is 26.2 Å². The lowest BCUT2D eigenvalue weighted by atomic mass is 10.1. The number of carbonyl (C=O) groups is 1. The number of amides is 1. The fraction of sp³-hybridized carbons (Fsp3) is 0.562. The molecule has 0 saturated carbocycles. The van der Waals surface area contributed by atoms with Gasteiger partial charge in [0.15, 0.2) is 0 Å². The summed E-state index contributed by atoms with van der Waals surface area (Å²) in [5.41, 5.74) is 0.670. The molecule has 22 heavy (non-hydrogen) atoms. The first-order valence-electron chi connectivity index (χ1n) is 7.82. The first-order chi connectivity index (χ1) is 10.5. The zero-order valence-electron chi connectivity index (χ0n) is 13.5. The molecule has 0 aliphatic heterocycles. The smallest absolute Gasteiger partial charge is 0.293 e. The molecule has 0 aliphatic rings. The molecule has 1 amide bonds. The standard InChI is InChI=1S/C16H25N3O3/c1-4-6-7-8-12(3)18-16(20)13-9-10-14(17-5-2)15(11-13)19(21)22/h9-12,17H,4-8H2,1-3H3,(H,18,20)/t12-/m1/s1. The third kappa shape index (κ3) is 5.35. The van der Waals surface area contributed by atoms with Gasteiger partial charge in [-0.2, -0.15) is 0 Å². The van der Waals surface area contributed by atoms with Crippen molar-refractivity contribution in [1.29, 1.82) is 0 Å². The maximum atomic E-state index is 12.2. The Labute approximate surface area is 131 Å². The molecule has 0 fully saturated rings. The Bertz CT molecular complexity index is 517. The quantitative estimate of drug-likeness (QED) is 0.413. The number of anilines is 1. The van der Waals surface area contributed by atoms with Gasteiger partial charge in [-0.25, -0.2) is 0 Å². The minimum atomic E-state index is -0.473. The van der Waals surface area contributed by atoms with Gasteiger partial charge in [-0.3, -0.25) is 14.9 Å². The summed E-state index contributed by atoms with van der Waals surface area (Å²) in [6, 6.07) is 4.58. The van der Waals surface area contributed by atoms with Crippen LogP contribution in [-0.2, 0) is 0 Å². The third-order valence-corrected chi connectivity index (χ3v) is 3.44. The van der Waals surface area contributed by atoms with Crippen LogP contribution in [0.3, 0.4) is 0 Å². The molecule has 0 bridgehead atoms. The first-order valence-corrected chi connectivity index (χ1v) is 7.82. The van der Waals surface area contributed by atoms with Gasteiger partial charge in [0, 0.05) is 24.2 Å². The maximum absolute atomic E-state index is 12.2. The minimum absolute atomic E-state index is 0.0616. The second-order valence-electron chi connectivity index (χ2n) is 5.39. The zero-order chi connectivity index (χ0) is 16.5. The Morgan fingerprint density at radius 2 is 2.05 bits per heavy atom. The van der Waals surface area contributed by atoms with E-state index in [2.05, 4.69) is 17.6 Å². The zero-order valence-corrected chi connectivity index (χ0v) is 13.5. The van der Waals surface area contributed by atoms with Crippen LogP contribution in [0.1, 0.15) is 56.8 Å². The molecule has 6 nitrogen and oxygen atoms in total. The lowest BCUT2D eigenvalue weighted by molar-refractivity contribution is -0.384. The number of benzene rings is 1. The van der Waals surface area contributed by atoms with Crippen molar-refractivity contribution in [2.75, 3.05) is 11.9 Å². The van der Waals surface area contributed by atoms with Crippen molar-refractivity contribution in [1.82, 2.24) is 5.32 Å². The molecule has 1 rings (SSSR count). The van der Waals surface area contributed by atoms with Gasteiger partial charge in [0.1, 0.15) is 5.69 Å². The highest BCUT2D eigenvalue weighted by Crippen LogP contribution is 2.25. The van der Waals surface area contributed by atoms with E-state index in [1.165, 1.54) is 6.07 Å². The predicted octanol–water partition coefficient (Wildman–Crippen LogP) is 3.73. The van der Waals surface area contributed by atoms with Gasteiger partial charge in [0.2, 0.25) is 0 Å². The third-order valence-electron chi connectivity index (χ3n) is 3.44. The maximum Gasteiger partial charge on any atom is 0.293 e. The van der Waals surface area contributed by atoms with Crippen molar-refractivity contribution in [3.63, 3.8) is 0 Å². The van der Waals surface area contributed by atoms with Crippen molar-refractivity contribution < 1.29 is 9.72 Å². The molecule has 1 atom stereocenters. The molecule has 0 saturated heterocycles. The molecule has 0 spiro atoms. The summed E-state index contributed by atoms with van der Waals surface area (Å²) in [6.07, 6.45) is 4.26. The average molecular weight is 307 g/mol. The molecular weight excluding hydrogens is 282 g/mol. The largest absolute Gasteiger partial charge is 0.380 e. The molecule has 1 aromatic rings. The van der Waals surface area contributed by atoms with Crippen LogP contribution in [0.25, 0.3) is 0 Å². The Hall–Kier alpha value is -2.11. The minimum Gasteiger partial charge on any atom is -0.380 e. The van der Waals surface area contributed by atoms with Crippen LogP contribution in [0.4, 0.5) is 11.4 Å². The van der Waals surface area contributed by atoms with E-state index < -0.39 is 4.92 Å². The fourth-order valence-corrected chi connectivity index (χ4v) is 2.24. The molecule has 0 aliphatic carbocycles. The van der Waals surface area contributed by atoms with E-state index in [4.69, 9.17) is 0 Å². The van der Waals surface area contributed by atoms with Crippen molar-refractivity contribution in [3.8, 4) is 0 Å². The summed E-state index contributed by atoms with van der Waals surface area (Å²) in [7, 11) is 0. The second-order valence-corrected chi connectivity index (χ2v) is 5.39. The van der Waals surface area contributed by atoms with Crippen molar-refractivity contribution in [3.05, 3.63) is 33.9 Å². The van der Waals surface area contributed by atoms with Gasteiger partial charge < -0.3 is 10.6 Å². The number of rotatable bonds is 9. The number of nitro benzene ring substituents is 1. The summed E-state index contributed by atoms with van der Waals surface area (Å²) in [4.78, 5) is 22.8. The predicted molar refractivity (Wildman–Crippen MR) is 88.3 cm³/mol. The number of nitrogens with zero attached hydrogens (tertiary/aromatic N) is 1. The first kappa shape index (κ1) is 17.9. The second kappa shape index (κ2) is 9.02. The number of hydrogen-bond acceptors (Lipinski definition) is 4. The molecule has 0 aromatic heterocycles. The van der Waals surface area contributed by atoms with E-state index in [0.29, 0.717) is 17.8 Å². The molecule has 0 unspecified atom stereocenters. The van der Waals surface area contributed by atoms with Crippen LogP contribution < -0.4 is 10.6 Å². The van der Waals surface area contributed by atoms with E-state index in [0.717, 1.165) is 25.7 Å². The molecule has 0 heterocycles. The number of carbonyl (C=O) groups excluding carboxylic acids is 1. The Kier molecular flexibility index (Phi) is 7.36. The lowest BCUT2D eigenvalue weighted by Gasteiger charge is -2.14. The fourth-order valence-electron chi connectivity index (χ4n) is 2.24. The Morgan fingerprint density at radius 1 is 1.32 bits per heavy atom. The van der Waals surface area contributed by atoms with Crippen LogP contribution in [0.5, 0.6) is 0 Å². The molecule has 1 aromatic carbocycles. The number of unbranched alkanes of at least 4 members (excludes halogenated alkanes) is 2. The number of nitro groups is 1. The van der Waals surface area contributed by atoms with E-state index >= 15 is 0 Å². The van der Waals surface area contributed by atoms with Crippen molar-refractivity contribution in [2.45, 2.75) is 52.5 Å². The summed E-state index contributed by atoms with van der Waals surface area (Å²) in [5, 5.41) is 16.9. The summed E-state index contributed by atoms with van der Waals surface area (Å²) in [5.74, 6) is -0.268. The van der Waals surface area contributed by atoms with Gasteiger partial charge in [-0.05, 0) is 32.4 Å². The lowest BCUT2D eigenvalue weighted by Crippen LogP contribution is -2.32.